The van der Waals surface area contributed by atoms with E-state index in [1.807, 2.05) is 11.3 Å². The van der Waals surface area contributed by atoms with E-state index in [0.717, 1.165) is 44.6 Å². The second-order valence-corrected chi connectivity index (χ2v) is 20.1. The first kappa shape index (κ1) is 39.5. The van der Waals surface area contributed by atoms with Crippen LogP contribution in [-0.2, 0) is 0 Å². The normalized spacial score (nSPS) is 12.2. The summed E-state index contributed by atoms with van der Waals surface area (Å²) < 4.78 is 9.83. The summed E-state index contributed by atoms with van der Waals surface area (Å²) in [5.74, 6) is 0. The van der Waals surface area contributed by atoms with Crippen LogP contribution in [0.4, 0.5) is 0 Å². The van der Waals surface area contributed by atoms with Gasteiger partial charge in [0.05, 0.1) is 54.7 Å². The Bertz CT molecular complexity index is 4920. The van der Waals surface area contributed by atoms with Crippen LogP contribution in [0.15, 0.2) is 243 Å². The molecule has 5 heterocycles. The molecule has 5 aromatic heterocycles. The SMILES string of the molecule is c1ccc(-n2c3ccccc3c3cc(-c4ccc5c(c4)c4ccccc4n5-c4cc5c(-c6ccc7c(c6)c6ccccc6n7-c6ccccc6)nc6ccccc6c5c5c4sc4ccccc45)ccc32)cc1. The van der Waals surface area contributed by atoms with Gasteiger partial charge in [0, 0.05) is 80.9 Å². The van der Waals surface area contributed by atoms with Gasteiger partial charge in [-0.1, -0.05) is 146 Å². The molecule has 0 saturated heterocycles. The number of aromatic nitrogens is 4. The fourth-order valence-corrected chi connectivity index (χ4v) is 13.3. The van der Waals surface area contributed by atoms with Crippen LogP contribution in [0, 0.1) is 0 Å². The van der Waals surface area contributed by atoms with Crippen LogP contribution >= 0.6 is 11.3 Å². The maximum Gasteiger partial charge on any atom is 0.0789 e. The average Bonchev–Trinajstić information content (AvgIpc) is 4.19. The summed E-state index contributed by atoms with van der Waals surface area (Å²) in [5.41, 5.74) is 16.0. The van der Waals surface area contributed by atoms with Crippen molar-refractivity contribution < 1.29 is 0 Å². The number of thiophene rings is 1. The van der Waals surface area contributed by atoms with Crippen molar-refractivity contribution in [3.05, 3.63) is 243 Å². The first-order valence-corrected chi connectivity index (χ1v) is 25.4. The van der Waals surface area contributed by atoms with Crippen LogP contribution in [0.25, 0.3) is 147 Å². The summed E-state index contributed by atoms with van der Waals surface area (Å²) in [6.07, 6.45) is 0. The number of pyridine rings is 1. The summed E-state index contributed by atoms with van der Waals surface area (Å²) >= 11 is 1.89. The van der Waals surface area contributed by atoms with Gasteiger partial charge in [-0.25, -0.2) is 4.98 Å². The van der Waals surface area contributed by atoms with E-state index in [2.05, 4.69) is 256 Å². The molecule has 0 atom stereocenters. The Balaban J connectivity index is 0.960. The molecule has 0 aliphatic heterocycles. The van der Waals surface area contributed by atoms with Crippen LogP contribution in [0.5, 0.6) is 0 Å². The highest BCUT2D eigenvalue weighted by Crippen LogP contribution is 2.49. The van der Waals surface area contributed by atoms with Gasteiger partial charge in [-0.05, 0) is 108 Å². The molecule has 0 aliphatic rings. The predicted molar refractivity (Wildman–Crippen MR) is 306 cm³/mol. The summed E-state index contributed by atoms with van der Waals surface area (Å²) in [4.78, 5) is 5.63. The number of nitrogens with zero attached hydrogens (tertiary/aromatic N) is 4. The maximum absolute atomic E-state index is 5.63. The maximum atomic E-state index is 5.63. The van der Waals surface area contributed by atoms with Crippen LogP contribution in [0.3, 0.4) is 0 Å². The van der Waals surface area contributed by atoms with Crippen LogP contribution in [0.2, 0.25) is 0 Å². The highest BCUT2D eigenvalue weighted by molar-refractivity contribution is 7.26. The molecular weight excluding hydrogens is 893 g/mol. The second-order valence-electron chi connectivity index (χ2n) is 19.0. The van der Waals surface area contributed by atoms with Gasteiger partial charge in [-0.3, -0.25) is 0 Å². The monoisotopic (exact) mass is 932 g/mol. The Kier molecular flexibility index (Phi) is 8.30. The standard InChI is InChI=1S/C67H40N4S/c1-3-17-44(18-4-1)69-56-27-13-8-21-46(56)51-37-41(31-34-59(51)69)42-32-35-61-52(38-42)48-23-10-15-29-58(48)71(61)62-40-54-64(65-50-25-11-16-30-63(50)72-67(62)65)49-24-7-12-26-55(49)68-66(54)43-33-36-60-53(39-43)47-22-9-14-28-57(47)70(60)45-19-5-2-6-20-45/h1-40H. The van der Waals surface area contributed by atoms with E-state index in [0.29, 0.717) is 0 Å². The van der Waals surface area contributed by atoms with Crippen molar-refractivity contribution in [3.63, 3.8) is 0 Å². The Morgan fingerprint density at radius 1 is 0.292 bits per heavy atom. The summed E-state index contributed by atoms with van der Waals surface area (Å²) in [7, 11) is 0. The molecule has 0 bridgehead atoms. The predicted octanol–water partition coefficient (Wildman–Crippen LogP) is 18.4. The molecule has 0 saturated carbocycles. The summed E-state index contributed by atoms with van der Waals surface area (Å²) in [5, 5.41) is 13.4. The number of hydrogen-bond donors (Lipinski definition) is 0. The van der Waals surface area contributed by atoms with E-state index in [1.165, 1.54) is 102 Å². The van der Waals surface area contributed by atoms with E-state index in [9.17, 15) is 0 Å². The minimum Gasteiger partial charge on any atom is -0.309 e. The number of hydrogen-bond acceptors (Lipinski definition) is 2. The fraction of sp³-hybridized carbons (Fsp3) is 0. The molecule has 0 aliphatic carbocycles. The molecule has 16 aromatic rings. The summed E-state index contributed by atoms with van der Waals surface area (Å²) in [6, 6.07) is 89.0. The molecule has 0 amide bonds. The van der Waals surface area contributed by atoms with Gasteiger partial charge in [0.1, 0.15) is 0 Å². The molecule has 0 radical (unpaired) electrons. The van der Waals surface area contributed by atoms with Gasteiger partial charge < -0.3 is 13.7 Å². The molecule has 72 heavy (non-hydrogen) atoms. The highest BCUT2D eigenvalue weighted by Gasteiger charge is 2.24. The number of rotatable bonds is 5. The van der Waals surface area contributed by atoms with Gasteiger partial charge in [-0.15, -0.1) is 11.3 Å². The third-order valence-electron chi connectivity index (χ3n) is 15.2. The quantitative estimate of drug-likeness (QED) is 0.158. The number of para-hydroxylation sites is 6. The fourth-order valence-electron chi connectivity index (χ4n) is 12.1. The Hall–Kier alpha value is -9.29. The first-order valence-electron chi connectivity index (χ1n) is 24.6. The van der Waals surface area contributed by atoms with Crippen molar-refractivity contribution in [1.82, 2.24) is 18.7 Å². The molecule has 0 unspecified atom stereocenters. The van der Waals surface area contributed by atoms with Gasteiger partial charge >= 0.3 is 0 Å². The van der Waals surface area contributed by atoms with Crippen molar-refractivity contribution in [2.75, 3.05) is 0 Å². The third kappa shape index (κ3) is 5.59. The zero-order valence-corrected chi connectivity index (χ0v) is 39.6. The Morgan fingerprint density at radius 2 is 0.722 bits per heavy atom. The van der Waals surface area contributed by atoms with Crippen LogP contribution in [0.1, 0.15) is 0 Å². The van der Waals surface area contributed by atoms with Crippen LogP contribution in [-0.4, -0.2) is 18.7 Å². The number of benzene rings is 11. The van der Waals surface area contributed by atoms with Crippen molar-refractivity contribution in [2.24, 2.45) is 0 Å². The lowest BCUT2D eigenvalue weighted by Gasteiger charge is -2.16. The van der Waals surface area contributed by atoms with E-state index in [4.69, 9.17) is 4.98 Å². The minimum atomic E-state index is 0.979. The highest BCUT2D eigenvalue weighted by atomic mass is 32.1. The Morgan fingerprint density at radius 3 is 1.31 bits per heavy atom. The van der Waals surface area contributed by atoms with E-state index in [-0.39, 0.29) is 0 Å². The van der Waals surface area contributed by atoms with Gasteiger partial charge in [0.25, 0.3) is 0 Å². The smallest absolute Gasteiger partial charge is 0.0789 e. The molecule has 16 rings (SSSR count). The van der Waals surface area contributed by atoms with Crippen LogP contribution < -0.4 is 0 Å². The van der Waals surface area contributed by atoms with E-state index < -0.39 is 0 Å². The molecule has 11 aromatic carbocycles. The van der Waals surface area contributed by atoms with Crippen molar-refractivity contribution in [2.45, 2.75) is 0 Å². The van der Waals surface area contributed by atoms with Crippen molar-refractivity contribution in [1.29, 1.82) is 0 Å². The molecule has 5 heteroatoms. The molecule has 4 nitrogen and oxygen atoms in total. The number of fused-ring (bicyclic) bond motifs is 16. The van der Waals surface area contributed by atoms with E-state index >= 15 is 0 Å². The second kappa shape index (κ2) is 15.1. The van der Waals surface area contributed by atoms with Gasteiger partial charge in [0.2, 0.25) is 0 Å². The largest absolute Gasteiger partial charge is 0.309 e. The lowest BCUT2D eigenvalue weighted by atomic mass is 9.95. The minimum absolute atomic E-state index is 0.979. The molecule has 0 fully saturated rings. The lowest BCUT2D eigenvalue weighted by Crippen LogP contribution is -1.97. The van der Waals surface area contributed by atoms with E-state index in [1.54, 1.807) is 0 Å². The molecule has 0 spiro atoms. The zero-order chi connectivity index (χ0) is 47.0. The van der Waals surface area contributed by atoms with Crippen molar-refractivity contribution >= 4 is 119 Å². The molecule has 334 valence electrons. The van der Waals surface area contributed by atoms with Gasteiger partial charge in [0.15, 0.2) is 0 Å². The van der Waals surface area contributed by atoms with Gasteiger partial charge in [-0.2, -0.15) is 0 Å². The topological polar surface area (TPSA) is 27.7 Å². The molecule has 0 N–H and O–H groups in total. The third-order valence-corrected chi connectivity index (χ3v) is 16.4. The lowest BCUT2D eigenvalue weighted by molar-refractivity contribution is 1.18. The average molecular weight is 933 g/mol. The first-order chi connectivity index (χ1) is 35.7. The summed E-state index contributed by atoms with van der Waals surface area (Å²) in [6.45, 7) is 0. The Labute approximate surface area is 417 Å². The van der Waals surface area contributed by atoms with Crippen molar-refractivity contribution in [3.8, 4) is 39.4 Å². The zero-order valence-electron chi connectivity index (χ0n) is 38.8. The molecular formula is C67H40N4S.